The van der Waals surface area contributed by atoms with Crippen LogP contribution >= 0.6 is 0 Å². The van der Waals surface area contributed by atoms with Crippen LogP contribution < -0.4 is 5.32 Å². The lowest BCUT2D eigenvalue weighted by atomic mass is 9.79. The lowest BCUT2D eigenvalue weighted by Crippen LogP contribution is -2.50. The van der Waals surface area contributed by atoms with Crippen molar-refractivity contribution in [1.29, 1.82) is 0 Å². The Morgan fingerprint density at radius 3 is 2.58 bits per heavy atom. The molecule has 3 fully saturated rings. The molecule has 0 aromatic heterocycles. The van der Waals surface area contributed by atoms with E-state index in [9.17, 15) is 18.7 Å². The van der Waals surface area contributed by atoms with E-state index < -0.39 is 29.8 Å². The Labute approximate surface area is 152 Å². The molecular formula is C20H26F2N2O2. The lowest BCUT2D eigenvalue weighted by molar-refractivity contribution is -0.159. The predicted octanol–water partition coefficient (Wildman–Crippen LogP) is 2.38. The number of carbonyl (C=O) groups excluding carboxylic acids is 1. The highest BCUT2D eigenvalue weighted by atomic mass is 19.3. The Morgan fingerprint density at radius 2 is 1.92 bits per heavy atom. The van der Waals surface area contributed by atoms with Crippen molar-refractivity contribution < 1.29 is 18.7 Å². The second-order valence-corrected chi connectivity index (χ2v) is 8.15. The average molecular weight is 364 g/mol. The molecule has 1 aliphatic carbocycles. The van der Waals surface area contributed by atoms with Crippen LogP contribution in [0.5, 0.6) is 0 Å². The number of fused-ring (bicyclic) bond motifs is 1. The fraction of sp³-hybridized carbons (Fsp3) is 0.650. The van der Waals surface area contributed by atoms with Gasteiger partial charge in [-0.15, -0.1) is 0 Å². The second-order valence-electron chi connectivity index (χ2n) is 8.15. The van der Waals surface area contributed by atoms with Gasteiger partial charge in [-0.1, -0.05) is 30.3 Å². The molecule has 0 radical (unpaired) electrons. The van der Waals surface area contributed by atoms with Crippen LogP contribution in [0.1, 0.15) is 31.2 Å². The molecule has 1 amide bonds. The van der Waals surface area contributed by atoms with Crippen LogP contribution in [0.15, 0.2) is 30.3 Å². The molecule has 0 spiro atoms. The van der Waals surface area contributed by atoms with Gasteiger partial charge in [0.2, 0.25) is 5.92 Å². The highest BCUT2D eigenvalue weighted by Crippen LogP contribution is 2.48. The van der Waals surface area contributed by atoms with Crippen molar-refractivity contribution in [3.8, 4) is 0 Å². The molecule has 4 rings (SSSR count). The number of rotatable bonds is 3. The highest BCUT2D eigenvalue weighted by Gasteiger charge is 2.55. The van der Waals surface area contributed by atoms with Crippen LogP contribution in [0.4, 0.5) is 8.78 Å². The summed E-state index contributed by atoms with van der Waals surface area (Å²) < 4.78 is 27.8. The fourth-order valence-corrected chi connectivity index (χ4v) is 5.01. The van der Waals surface area contributed by atoms with Crippen molar-refractivity contribution in [2.24, 2.45) is 17.8 Å². The van der Waals surface area contributed by atoms with Gasteiger partial charge in [-0.2, -0.15) is 0 Å². The minimum atomic E-state index is -2.81. The van der Waals surface area contributed by atoms with Crippen molar-refractivity contribution in [1.82, 2.24) is 10.2 Å². The lowest BCUT2D eigenvalue weighted by Gasteiger charge is -2.36. The van der Waals surface area contributed by atoms with E-state index in [1.54, 1.807) is 35.2 Å². The third-order valence-electron chi connectivity index (χ3n) is 6.50. The first-order valence-electron chi connectivity index (χ1n) is 9.56. The number of nitrogens with one attached hydrogen (secondary N) is 1. The molecule has 4 unspecified atom stereocenters. The monoisotopic (exact) mass is 364 g/mol. The molecule has 3 aliphatic rings. The minimum Gasteiger partial charge on any atom is -0.375 e. The largest absolute Gasteiger partial charge is 0.375 e. The van der Waals surface area contributed by atoms with E-state index in [1.807, 2.05) is 0 Å². The van der Waals surface area contributed by atoms with E-state index in [0.717, 1.165) is 19.5 Å². The van der Waals surface area contributed by atoms with Crippen molar-refractivity contribution in [2.75, 3.05) is 26.2 Å². The molecule has 4 nitrogen and oxygen atoms in total. The third-order valence-corrected chi connectivity index (χ3v) is 6.50. The van der Waals surface area contributed by atoms with E-state index >= 15 is 0 Å². The summed E-state index contributed by atoms with van der Waals surface area (Å²) in [6, 6.07) is 8.65. The Balaban J connectivity index is 1.64. The maximum absolute atomic E-state index is 13.9. The van der Waals surface area contributed by atoms with Crippen LogP contribution in [0.2, 0.25) is 0 Å². The van der Waals surface area contributed by atoms with Gasteiger partial charge in [0, 0.05) is 31.8 Å². The molecule has 142 valence electrons. The van der Waals surface area contributed by atoms with Crippen LogP contribution in [0.25, 0.3) is 0 Å². The van der Waals surface area contributed by atoms with Gasteiger partial charge >= 0.3 is 0 Å². The quantitative estimate of drug-likeness (QED) is 0.866. The molecule has 6 heteroatoms. The molecular weight excluding hydrogens is 338 g/mol. The molecule has 2 heterocycles. The third kappa shape index (κ3) is 3.03. The smallest absolute Gasteiger partial charge is 0.259 e. The number of benzene rings is 1. The second kappa shape index (κ2) is 6.57. The number of aliphatic hydroxyl groups is 1. The summed E-state index contributed by atoms with van der Waals surface area (Å²) in [5.41, 5.74) is -1.44. The van der Waals surface area contributed by atoms with Gasteiger partial charge in [-0.05, 0) is 43.3 Å². The Morgan fingerprint density at radius 1 is 1.19 bits per heavy atom. The standard InChI is InChI=1S/C20H26F2N2O2/c21-19(22)8-6-17(10-19)20(26,16-4-2-1-3-5-16)18(25)24-12-14-7-9-23-11-15(14)13-24/h1-5,14-15,17,23,26H,6-13H2. The van der Waals surface area contributed by atoms with Gasteiger partial charge < -0.3 is 15.3 Å². The van der Waals surface area contributed by atoms with Crippen molar-refractivity contribution in [3.05, 3.63) is 35.9 Å². The summed E-state index contributed by atoms with van der Waals surface area (Å²) in [5, 5.41) is 14.9. The van der Waals surface area contributed by atoms with E-state index in [-0.39, 0.29) is 12.8 Å². The van der Waals surface area contributed by atoms with E-state index in [2.05, 4.69) is 5.32 Å². The van der Waals surface area contributed by atoms with Crippen molar-refractivity contribution in [2.45, 2.75) is 37.2 Å². The van der Waals surface area contributed by atoms with Crippen LogP contribution in [-0.2, 0) is 10.4 Å². The Kier molecular flexibility index (Phi) is 4.51. The SMILES string of the molecule is O=C(N1CC2CCNCC2C1)C(O)(c1ccccc1)C1CCC(F)(F)C1. The predicted molar refractivity (Wildman–Crippen MR) is 93.7 cm³/mol. The molecule has 1 aromatic rings. The summed E-state index contributed by atoms with van der Waals surface area (Å²) in [5.74, 6) is -3.15. The zero-order valence-corrected chi connectivity index (χ0v) is 14.8. The number of hydrogen-bond acceptors (Lipinski definition) is 3. The molecule has 26 heavy (non-hydrogen) atoms. The molecule has 0 bridgehead atoms. The molecule has 2 saturated heterocycles. The number of carbonyl (C=O) groups is 1. The fourth-order valence-electron chi connectivity index (χ4n) is 5.01. The van der Waals surface area contributed by atoms with Gasteiger partial charge in [0.05, 0.1) is 0 Å². The topological polar surface area (TPSA) is 52.6 Å². The summed E-state index contributed by atoms with van der Waals surface area (Å²) in [6.07, 6.45) is 0.466. The number of alkyl halides is 2. The Bertz CT molecular complexity index is 655. The van der Waals surface area contributed by atoms with Gasteiger partial charge in [0.1, 0.15) is 0 Å². The molecule has 1 saturated carbocycles. The van der Waals surface area contributed by atoms with Gasteiger partial charge in [0.25, 0.3) is 5.91 Å². The van der Waals surface area contributed by atoms with Gasteiger partial charge in [-0.3, -0.25) is 4.79 Å². The average Bonchev–Trinajstić information content (AvgIpc) is 3.24. The number of piperidine rings is 1. The number of halogens is 2. The number of likely N-dealkylation sites (tertiary alicyclic amines) is 1. The highest BCUT2D eigenvalue weighted by molar-refractivity contribution is 5.87. The molecule has 1 aromatic carbocycles. The van der Waals surface area contributed by atoms with Crippen molar-refractivity contribution in [3.63, 3.8) is 0 Å². The number of hydrogen-bond donors (Lipinski definition) is 2. The molecule has 2 aliphatic heterocycles. The van der Waals surface area contributed by atoms with Crippen LogP contribution in [0.3, 0.4) is 0 Å². The summed E-state index contributed by atoms with van der Waals surface area (Å²) in [7, 11) is 0. The normalized spacial score (nSPS) is 32.9. The van der Waals surface area contributed by atoms with Crippen LogP contribution in [0, 0.1) is 17.8 Å². The van der Waals surface area contributed by atoms with E-state index in [4.69, 9.17) is 0 Å². The van der Waals surface area contributed by atoms with Gasteiger partial charge in [0.15, 0.2) is 5.60 Å². The maximum Gasteiger partial charge on any atom is 0.259 e. The molecule has 4 atom stereocenters. The number of nitrogens with zero attached hydrogens (tertiary/aromatic N) is 1. The molecule has 2 N–H and O–H groups in total. The maximum atomic E-state index is 13.9. The van der Waals surface area contributed by atoms with Gasteiger partial charge in [-0.25, -0.2) is 8.78 Å². The minimum absolute atomic E-state index is 0.159. The Hall–Kier alpha value is -1.53. The summed E-state index contributed by atoms with van der Waals surface area (Å²) in [6.45, 7) is 3.03. The van der Waals surface area contributed by atoms with E-state index in [0.29, 0.717) is 30.5 Å². The van der Waals surface area contributed by atoms with E-state index in [1.165, 1.54) is 0 Å². The zero-order chi connectivity index (χ0) is 18.4. The van der Waals surface area contributed by atoms with Crippen LogP contribution in [-0.4, -0.2) is 48.0 Å². The zero-order valence-electron chi connectivity index (χ0n) is 14.8. The first kappa shape index (κ1) is 17.9. The summed E-state index contributed by atoms with van der Waals surface area (Å²) >= 11 is 0. The summed E-state index contributed by atoms with van der Waals surface area (Å²) in [4.78, 5) is 15.1. The first-order valence-corrected chi connectivity index (χ1v) is 9.56. The first-order chi connectivity index (χ1) is 12.4. The number of amides is 1. The van der Waals surface area contributed by atoms with Crippen molar-refractivity contribution >= 4 is 5.91 Å².